The van der Waals surface area contributed by atoms with Gasteiger partial charge in [0.15, 0.2) is 0 Å². The molecule has 4 rings (SSSR count). The van der Waals surface area contributed by atoms with Gasteiger partial charge in [0.05, 0.1) is 5.56 Å². The molecule has 3 N–H and O–H groups in total. The average Bonchev–Trinajstić information content (AvgIpc) is 3.20. The number of hydrogen-bond acceptors (Lipinski definition) is 4. The summed E-state index contributed by atoms with van der Waals surface area (Å²) < 4.78 is 0. The molecule has 2 heterocycles. The zero-order valence-corrected chi connectivity index (χ0v) is 19.9. The molecule has 3 amide bonds. The number of H-pyrrole nitrogens is 1. The van der Waals surface area contributed by atoms with Crippen LogP contribution in [0, 0.1) is 5.92 Å². The Morgan fingerprint density at radius 1 is 1.06 bits per heavy atom. The number of pyridine rings is 1. The van der Waals surface area contributed by atoms with Crippen LogP contribution in [0.5, 0.6) is 0 Å². The van der Waals surface area contributed by atoms with Crippen molar-refractivity contribution in [3.05, 3.63) is 53.9 Å². The Balaban J connectivity index is 1.68. The molecule has 0 atom stereocenters. The first-order valence-electron chi connectivity index (χ1n) is 11.8. The maximum atomic E-state index is 13.0. The first-order valence-corrected chi connectivity index (χ1v) is 11.8. The molecule has 8 heteroatoms. The van der Waals surface area contributed by atoms with Gasteiger partial charge >= 0.3 is 0 Å². The van der Waals surface area contributed by atoms with Crippen molar-refractivity contribution in [2.45, 2.75) is 52.0 Å². The maximum absolute atomic E-state index is 13.0. The zero-order chi connectivity index (χ0) is 24.2. The largest absolute Gasteiger partial charge is 0.350 e. The van der Waals surface area contributed by atoms with Gasteiger partial charge in [-0.05, 0) is 57.0 Å². The normalized spacial score (nSPS) is 14.2. The lowest BCUT2D eigenvalue weighted by atomic mass is 9.88. The Morgan fingerprint density at radius 3 is 2.50 bits per heavy atom. The fraction of sp³-hybridized carbons (Fsp3) is 0.385. The van der Waals surface area contributed by atoms with Crippen molar-refractivity contribution in [2.75, 3.05) is 17.3 Å². The molecule has 0 bridgehead atoms. The second kappa shape index (κ2) is 10.1. The van der Waals surface area contributed by atoms with Crippen molar-refractivity contribution in [3.63, 3.8) is 0 Å². The van der Waals surface area contributed by atoms with Gasteiger partial charge in [0, 0.05) is 41.8 Å². The van der Waals surface area contributed by atoms with E-state index >= 15 is 0 Å². The third kappa shape index (κ3) is 4.95. The number of anilines is 2. The lowest BCUT2D eigenvalue weighted by Gasteiger charge is -2.26. The van der Waals surface area contributed by atoms with E-state index in [1.807, 2.05) is 32.0 Å². The van der Waals surface area contributed by atoms with Crippen LogP contribution in [0.3, 0.4) is 0 Å². The molecule has 0 spiro atoms. The highest BCUT2D eigenvalue weighted by Gasteiger charge is 2.26. The summed E-state index contributed by atoms with van der Waals surface area (Å²) in [7, 11) is 1.79. The summed E-state index contributed by atoms with van der Waals surface area (Å²) in [4.78, 5) is 47.8. The Hall–Kier alpha value is -3.68. The number of amides is 3. The van der Waals surface area contributed by atoms with Gasteiger partial charge in [0.1, 0.15) is 11.5 Å². The fourth-order valence-electron chi connectivity index (χ4n) is 4.48. The molecule has 0 saturated heterocycles. The van der Waals surface area contributed by atoms with E-state index in [9.17, 15) is 14.4 Å². The molecule has 1 saturated carbocycles. The molecule has 1 aliphatic rings. The van der Waals surface area contributed by atoms with Crippen LogP contribution < -0.4 is 15.5 Å². The second-order valence-electron chi connectivity index (χ2n) is 9.13. The van der Waals surface area contributed by atoms with Crippen LogP contribution in [0.4, 0.5) is 11.5 Å². The molecule has 0 unspecified atom stereocenters. The molecule has 2 aromatic heterocycles. The van der Waals surface area contributed by atoms with E-state index in [2.05, 4.69) is 20.6 Å². The molecule has 178 valence electrons. The highest BCUT2D eigenvalue weighted by Crippen LogP contribution is 2.32. The predicted molar refractivity (Wildman–Crippen MR) is 133 cm³/mol. The summed E-state index contributed by atoms with van der Waals surface area (Å²) >= 11 is 0. The van der Waals surface area contributed by atoms with E-state index in [1.165, 1.54) is 12.6 Å². The van der Waals surface area contributed by atoms with Crippen molar-refractivity contribution < 1.29 is 14.4 Å². The predicted octanol–water partition coefficient (Wildman–Crippen LogP) is 4.50. The van der Waals surface area contributed by atoms with Crippen molar-refractivity contribution in [1.29, 1.82) is 0 Å². The van der Waals surface area contributed by atoms with Crippen LogP contribution in [-0.2, 0) is 4.79 Å². The monoisotopic (exact) mass is 461 g/mol. The minimum absolute atomic E-state index is 0.0543. The van der Waals surface area contributed by atoms with Gasteiger partial charge in [-0.15, -0.1) is 0 Å². The first kappa shape index (κ1) is 23.5. The lowest BCUT2D eigenvalue weighted by molar-refractivity contribution is -0.123. The van der Waals surface area contributed by atoms with Crippen LogP contribution in [0.1, 0.15) is 66.8 Å². The summed E-state index contributed by atoms with van der Waals surface area (Å²) in [5, 5.41) is 6.36. The van der Waals surface area contributed by atoms with Crippen molar-refractivity contribution in [2.24, 2.45) is 5.92 Å². The molecule has 1 fully saturated rings. The minimum Gasteiger partial charge on any atom is -0.350 e. The number of benzene rings is 1. The van der Waals surface area contributed by atoms with E-state index in [0.717, 1.165) is 31.4 Å². The van der Waals surface area contributed by atoms with Gasteiger partial charge in [0.2, 0.25) is 5.91 Å². The molecular weight excluding hydrogens is 430 g/mol. The Bertz CT molecular complexity index is 1200. The number of nitrogens with one attached hydrogen (secondary N) is 3. The summed E-state index contributed by atoms with van der Waals surface area (Å²) in [6, 6.07) is 10.5. The van der Waals surface area contributed by atoms with E-state index in [1.54, 1.807) is 30.1 Å². The number of aromatic amines is 1. The van der Waals surface area contributed by atoms with E-state index < -0.39 is 5.91 Å². The van der Waals surface area contributed by atoms with E-state index in [-0.39, 0.29) is 29.5 Å². The quantitative estimate of drug-likeness (QED) is 0.502. The third-order valence-corrected chi connectivity index (χ3v) is 6.24. The van der Waals surface area contributed by atoms with Gasteiger partial charge in [-0.1, -0.05) is 25.3 Å². The van der Waals surface area contributed by atoms with Crippen LogP contribution in [0.2, 0.25) is 0 Å². The number of aromatic nitrogens is 2. The number of nitrogens with zero attached hydrogens (tertiary/aromatic N) is 2. The lowest BCUT2D eigenvalue weighted by Crippen LogP contribution is -2.33. The molecule has 0 aliphatic heterocycles. The Morgan fingerprint density at radius 2 is 1.82 bits per heavy atom. The maximum Gasteiger partial charge on any atom is 0.275 e. The molecule has 8 nitrogen and oxygen atoms in total. The van der Waals surface area contributed by atoms with Crippen molar-refractivity contribution in [1.82, 2.24) is 15.3 Å². The highest BCUT2D eigenvalue weighted by atomic mass is 16.2. The number of carbonyl (C=O) groups is 3. The summed E-state index contributed by atoms with van der Waals surface area (Å²) in [6.07, 6.45) is 6.77. The number of carbonyl (C=O) groups excluding carboxylic acids is 3. The number of hydrogen-bond donors (Lipinski definition) is 3. The SMILES string of the molecule is CC(C)NC(=O)c1c(NC(=O)c2ccccn2)[nH]c2cc(N(C)C(=O)C3CCCCC3)ccc12. The Labute approximate surface area is 199 Å². The molecule has 1 aromatic carbocycles. The highest BCUT2D eigenvalue weighted by molar-refractivity contribution is 6.15. The number of rotatable bonds is 6. The molecule has 0 radical (unpaired) electrons. The molecular formula is C26H31N5O3. The summed E-state index contributed by atoms with van der Waals surface area (Å²) in [6.45, 7) is 3.76. The van der Waals surface area contributed by atoms with E-state index in [0.29, 0.717) is 22.3 Å². The van der Waals surface area contributed by atoms with Gasteiger partial charge in [-0.2, -0.15) is 0 Å². The zero-order valence-electron chi connectivity index (χ0n) is 19.9. The molecule has 1 aliphatic carbocycles. The third-order valence-electron chi connectivity index (χ3n) is 6.24. The van der Waals surface area contributed by atoms with Gasteiger partial charge in [-0.3, -0.25) is 19.4 Å². The fourth-order valence-corrected chi connectivity index (χ4v) is 4.48. The van der Waals surface area contributed by atoms with Crippen LogP contribution in [-0.4, -0.2) is 40.8 Å². The Kier molecular flexibility index (Phi) is 6.95. The molecule has 3 aromatic rings. The van der Waals surface area contributed by atoms with Gasteiger partial charge in [-0.25, -0.2) is 0 Å². The van der Waals surface area contributed by atoms with Crippen LogP contribution in [0.15, 0.2) is 42.6 Å². The standard InChI is InChI=1S/C26H31N5O3/c1-16(2)28-25(33)22-19-13-12-18(31(3)26(34)17-9-5-4-6-10-17)15-21(19)29-23(22)30-24(32)20-11-7-8-14-27-20/h7-8,11-17,29H,4-6,9-10H2,1-3H3,(H,28,33)(H,30,32). The topological polar surface area (TPSA) is 107 Å². The van der Waals surface area contributed by atoms with Gasteiger partial charge in [0.25, 0.3) is 11.8 Å². The van der Waals surface area contributed by atoms with E-state index in [4.69, 9.17) is 0 Å². The molecule has 34 heavy (non-hydrogen) atoms. The summed E-state index contributed by atoms with van der Waals surface area (Å²) in [5.41, 5.74) is 1.99. The van der Waals surface area contributed by atoms with Gasteiger partial charge < -0.3 is 20.5 Å². The smallest absolute Gasteiger partial charge is 0.275 e. The average molecular weight is 462 g/mol. The first-order chi connectivity index (χ1) is 16.3. The number of fused-ring (bicyclic) bond motifs is 1. The van der Waals surface area contributed by atoms with Crippen molar-refractivity contribution in [3.8, 4) is 0 Å². The van der Waals surface area contributed by atoms with Crippen molar-refractivity contribution >= 4 is 40.1 Å². The minimum atomic E-state index is -0.421. The summed E-state index contributed by atoms with van der Waals surface area (Å²) in [5.74, 6) is -0.250. The van der Waals surface area contributed by atoms with Crippen LogP contribution >= 0.6 is 0 Å². The van der Waals surface area contributed by atoms with Crippen LogP contribution in [0.25, 0.3) is 10.9 Å². The second-order valence-corrected chi connectivity index (χ2v) is 9.13.